The highest BCUT2D eigenvalue weighted by Crippen LogP contribution is 2.27. The monoisotopic (exact) mass is 258 g/mol. The minimum absolute atomic E-state index is 0.194. The molecule has 0 heterocycles. The summed E-state index contributed by atoms with van der Waals surface area (Å²) < 4.78 is 13.0. The van der Waals surface area contributed by atoms with Crippen molar-refractivity contribution in [3.05, 3.63) is 34.6 Å². The molecule has 2 nitrogen and oxygen atoms in total. The Labute approximate surface area is 108 Å². The van der Waals surface area contributed by atoms with Gasteiger partial charge in [0.2, 0.25) is 0 Å². The van der Waals surface area contributed by atoms with E-state index >= 15 is 0 Å². The summed E-state index contributed by atoms with van der Waals surface area (Å²) in [6.07, 6.45) is 1.08. The predicted octanol–water partition coefficient (Wildman–Crippen LogP) is 3.08. The first-order valence-corrected chi connectivity index (χ1v) is 6.24. The van der Waals surface area contributed by atoms with Gasteiger partial charge in [-0.25, -0.2) is 4.39 Å². The van der Waals surface area contributed by atoms with Crippen LogP contribution in [0.15, 0.2) is 18.2 Å². The van der Waals surface area contributed by atoms with Crippen molar-refractivity contribution in [2.45, 2.75) is 19.4 Å². The Balaban J connectivity index is 2.64. The summed E-state index contributed by atoms with van der Waals surface area (Å²) in [5.74, 6) is -0.288. The summed E-state index contributed by atoms with van der Waals surface area (Å²) in [5.41, 5.74) is 0.972. The lowest BCUT2D eigenvalue weighted by molar-refractivity contribution is 0.258. The molecule has 0 saturated heterocycles. The maximum absolute atomic E-state index is 13.0. The van der Waals surface area contributed by atoms with Gasteiger partial charge in [-0.2, -0.15) is 0 Å². The van der Waals surface area contributed by atoms with Gasteiger partial charge in [-0.05, 0) is 58.2 Å². The van der Waals surface area contributed by atoms with Crippen LogP contribution in [0, 0.1) is 5.82 Å². The molecule has 4 heteroatoms. The molecule has 0 amide bonds. The Morgan fingerprint density at radius 1 is 1.47 bits per heavy atom. The van der Waals surface area contributed by atoms with Crippen LogP contribution in [0.25, 0.3) is 0 Å². The van der Waals surface area contributed by atoms with Crippen LogP contribution in [0.1, 0.15) is 24.9 Å². The van der Waals surface area contributed by atoms with Crippen molar-refractivity contribution >= 4 is 11.6 Å². The molecular formula is C13H20ClFN2. The predicted molar refractivity (Wildman–Crippen MR) is 71.0 cm³/mol. The van der Waals surface area contributed by atoms with E-state index in [1.807, 2.05) is 7.05 Å². The summed E-state index contributed by atoms with van der Waals surface area (Å²) in [7, 11) is 4.00. The molecular weight excluding hydrogens is 239 g/mol. The SMILES string of the molecule is CNCCCN(C)C(C)c1ccc(F)cc1Cl. The molecule has 1 rings (SSSR count). The summed E-state index contributed by atoms with van der Waals surface area (Å²) in [6.45, 7) is 4.06. The van der Waals surface area contributed by atoms with Crippen molar-refractivity contribution in [1.82, 2.24) is 10.2 Å². The van der Waals surface area contributed by atoms with E-state index in [2.05, 4.69) is 24.2 Å². The van der Waals surface area contributed by atoms with Gasteiger partial charge < -0.3 is 5.32 Å². The summed E-state index contributed by atoms with van der Waals surface area (Å²) in [4.78, 5) is 2.22. The molecule has 0 fully saturated rings. The van der Waals surface area contributed by atoms with Crippen LogP contribution in [0.4, 0.5) is 4.39 Å². The van der Waals surface area contributed by atoms with E-state index in [-0.39, 0.29) is 11.9 Å². The normalized spacial score (nSPS) is 13.1. The van der Waals surface area contributed by atoms with Gasteiger partial charge >= 0.3 is 0 Å². The lowest BCUT2D eigenvalue weighted by Gasteiger charge is -2.25. The molecule has 1 N–H and O–H groups in total. The lowest BCUT2D eigenvalue weighted by atomic mass is 10.1. The second-order valence-electron chi connectivity index (χ2n) is 4.28. The molecule has 0 aliphatic carbocycles. The van der Waals surface area contributed by atoms with Gasteiger partial charge in [-0.1, -0.05) is 17.7 Å². The number of nitrogens with zero attached hydrogens (tertiary/aromatic N) is 1. The maximum Gasteiger partial charge on any atom is 0.124 e. The largest absolute Gasteiger partial charge is 0.320 e. The third kappa shape index (κ3) is 4.26. The molecule has 0 aliphatic rings. The Hall–Kier alpha value is -0.640. The zero-order chi connectivity index (χ0) is 12.8. The minimum Gasteiger partial charge on any atom is -0.320 e. The summed E-state index contributed by atoms with van der Waals surface area (Å²) in [5, 5.41) is 3.62. The second-order valence-corrected chi connectivity index (χ2v) is 4.69. The van der Waals surface area contributed by atoms with Crippen LogP contribution in [0.3, 0.4) is 0 Å². The highest BCUT2D eigenvalue weighted by atomic mass is 35.5. The molecule has 17 heavy (non-hydrogen) atoms. The Morgan fingerprint density at radius 2 is 2.18 bits per heavy atom. The fourth-order valence-corrected chi connectivity index (χ4v) is 2.10. The van der Waals surface area contributed by atoms with Crippen molar-refractivity contribution in [1.29, 1.82) is 0 Å². The number of benzene rings is 1. The number of nitrogens with one attached hydrogen (secondary N) is 1. The van der Waals surface area contributed by atoms with E-state index in [9.17, 15) is 4.39 Å². The van der Waals surface area contributed by atoms with Crippen molar-refractivity contribution < 1.29 is 4.39 Å². The fourth-order valence-electron chi connectivity index (χ4n) is 1.78. The standard InChI is InChI=1S/C13H20ClFN2/c1-10(17(3)8-4-7-16-2)12-6-5-11(15)9-13(12)14/h5-6,9-10,16H,4,7-8H2,1-3H3. The van der Waals surface area contributed by atoms with Gasteiger partial charge in [0.25, 0.3) is 0 Å². The molecule has 1 atom stereocenters. The number of halogens is 2. The first-order valence-electron chi connectivity index (χ1n) is 5.86. The van der Waals surface area contributed by atoms with Gasteiger partial charge in [-0.3, -0.25) is 4.90 Å². The average Bonchev–Trinajstić information content (AvgIpc) is 2.28. The molecule has 1 unspecified atom stereocenters. The molecule has 0 spiro atoms. The van der Waals surface area contributed by atoms with E-state index in [1.165, 1.54) is 12.1 Å². The Kier molecular flexibility index (Phi) is 5.89. The maximum atomic E-state index is 13.0. The number of rotatable bonds is 6. The topological polar surface area (TPSA) is 15.3 Å². The molecule has 0 saturated carbocycles. The van der Waals surface area contributed by atoms with Gasteiger partial charge in [0.05, 0.1) is 0 Å². The van der Waals surface area contributed by atoms with E-state index in [0.717, 1.165) is 25.1 Å². The third-order valence-electron chi connectivity index (χ3n) is 3.01. The second kappa shape index (κ2) is 6.94. The van der Waals surface area contributed by atoms with Gasteiger partial charge in [0, 0.05) is 11.1 Å². The van der Waals surface area contributed by atoms with E-state index in [0.29, 0.717) is 5.02 Å². The van der Waals surface area contributed by atoms with Crippen LogP contribution < -0.4 is 5.32 Å². The van der Waals surface area contributed by atoms with E-state index in [4.69, 9.17) is 11.6 Å². The van der Waals surface area contributed by atoms with E-state index in [1.54, 1.807) is 6.07 Å². The first-order chi connectivity index (χ1) is 8.06. The summed E-state index contributed by atoms with van der Waals surface area (Å²) in [6, 6.07) is 4.78. The van der Waals surface area contributed by atoms with Crippen molar-refractivity contribution in [2.75, 3.05) is 27.2 Å². The van der Waals surface area contributed by atoms with Crippen LogP contribution >= 0.6 is 11.6 Å². The molecule has 0 radical (unpaired) electrons. The molecule has 1 aromatic rings. The molecule has 0 bridgehead atoms. The smallest absolute Gasteiger partial charge is 0.124 e. The van der Waals surface area contributed by atoms with Crippen molar-refractivity contribution in [2.24, 2.45) is 0 Å². The lowest BCUT2D eigenvalue weighted by Crippen LogP contribution is -2.26. The number of hydrogen-bond donors (Lipinski definition) is 1. The molecule has 0 aliphatic heterocycles. The third-order valence-corrected chi connectivity index (χ3v) is 3.34. The van der Waals surface area contributed by atoms with Crippen LogP contribution in [-0.4, -0.2) is 32.1 Å². The molecule has 0 aromatic heterocycles. The highest BCUT2D eigenvalue weighted by Gasteiger charge is 2.14. The number of hydrogen-bond acceptors (Lipinski definition) is 2. The van der Waals surface area contributed by atoms with Crippen molar-refractivity contribution in [3.8, 4) is 0 Å². The Morgan fingerprint density at radius 3 is 2.76 bits per heavy atom. The van der Waals surface area contributed by atoms with Crippen LogP contribution in [0.5, 0.6) is 0 Å². The average molecular weight is 259 g/mol. The zero-order valence-corrected chi connectivity index (χ0v) is 11.4. The highest BCUT2D eigenvalue weighted by molar-refractivity contribution is 6.31. The van der Waals surface area contributed by atoms with Crippen molar-refractivity contribution in [3.63, 3.8) is 0 Å². The van der Waals surface area contributed by atoms with Gasteiger partial charge in [0.1, 0.15) is 5.82 Å². The Bertz CT molecular complexity index is 357. The van der Waals surface area contributed by atoms with Gasteiger partial charge in [-0.15, -0.1) is 0 Å². The molecule has 96 valence electrons. The van der Waals surface area contributed by atoms with Crippen LogP contribution in [-0.2, 0) is 0 Å². The quantitative estimate of drug-likeness (QED) is 0.789. The summed E-state index contributed by atoms with van der Waals surface area (Å²) >= 11 is 6.05. The van der Waals surface area contributed by atoms with E-state index < -0.39 is 0 Å². The van der Waals surface area contributed by atoms with Gasteiger partial charge in [0.15, 0.2) is 0 Å². The minimum atomic E-state index is -0.288. The fraction of sp³-hybridized carbons (Fsp3) is 0.538. The molecule has 1 aromatic carbocycles. The van der Waals surface area contributed by atoms with Crippen LogP contribution in [0.2, 0.25) is 5.02 Å². The first kappa shape index (κ1) is 14.4. The zero-order valence-electron chi connectivity index (χ0n) is 10.6.